The number of nitrogens with zero attached hydrogens (tertiary/aromatic N) is 1. The normalized spacial score (nSPS) is 12.3. The molecule has 2 nitrogen and oxygen atoms in total. The number of aromatic nitrogens is 1. The van der Waals surface area contributed by atoms with Crippen molar-refractivity contribution in [3.8, 4) is 0 Å². The molecule has 2 rings (SSSR count). The van der Waals surface area contributed by atoms with Gasteiger partial charge in [0.25, 0.3) is 0 Å². The topological polar surface area (TPSA) is 24.9 Å². The van der Waals surface area contributed by atoms with Crippen LogP contribution in [-0.2, 0) is 12.8 Å². The fraction of sp³-hybridized carbons (Fsp3) is 0.389. The highest BCUT2D eigenvalue weighted by Crippen LogP contribution is 2.21. The minimum absolute atomic E-state index is 0.290. The van der Waals surface area contributed by atoms with Gasteiger partial charge in [-0.25, -0.2) is 0 Å². The molecule has 0 amide bonds. The van der Waals surface area contributed by atoms with Gasteiger partial charge in [0.2, 0.25) is 0 Å². The predicted molar refractivity (Wildman–Crippen MR) is 84.9 cm³/mol. The van der Waals surface area contributed by atoms with Crippen LogP contribution in [0, 0.1) is 6.92 Å². The van der Waals surface area contributed by atoms with Crippen LogP contribution in [0.5, 0.6) is 0 Å². The number of hydrogen-bond donors (Lipinski definition) is 1. The molecule has 2 aromatic rings. The number of aryl methyl sites for hydroxylation is 2. The molecule has 0 saturated heterocycles. The quantitative estimate of drug-likeness (QED) is 0.861. The molecule has 0 aliphatic heterocycles. The smallest absolute Gasteiger partial charge is 0.0608 e. The summed E-state index contributed by atoms with van der Waals surface area (Å²) in [6.45, 7) is 7.44. The second kappa shape index (κ2) is 7.20. The van der Waals surface area contributed by atoms with Crippen LogP contribution in [-0.4, -0.2) is 11.5 Å². The molecule has 0 radical (unpaired) electrons. The number of likely N-dealkylation sites (N-methyl/N-ethyl adjacent to an activating group) is 1. The van der Waals surface area contributed by atoms with Crippen molar-refractivity contribution in [3.05, 3.63) is 65.0 Å². The van der Waals surface area contributed by atoms with Gasteiger partial charge in [0.1, 0.15) is 0 Å². The lowest BCUT2D eigenvalue weighted by Crippen LogP contribution is -2.25. The third-order valence-corrected chi connectivity index (χ3v) is 3.61. The van der Waals surface area contributed by atoms with E-state index in [2.05, 4.69) is 61.4 Å². The summed E-state index contributed by atoms with van der Waals surface area (Å²) < 4.78 is 0. The Kier molecular flexibility index (Phi) is 5.31. The van der Waals surface area contributed by atoms with Gasteiger partial charge in [-0.1, -0.05) is 49.7 Å². The van der Waals surface area contributed by atoms with Crippen LogP contribution >= 0.6 is 0 Å². The van der Waals surface area contributed by atoms with E-state index in [9.17, 15) is 0 Å². The van der Waals surface area contributed by atoms with Crippen LogP contribution in [0.15, 0.2) is 42.6 Å². The Hall–Kier alpha value is -1.67. The van der Waals surface area contributed by atoms with Gasteiger partial charge in [0, 0.05) is 6.20 Å². The largest absolute Gasteiger partial charge is 0.309 e. The number of pyridine rings is 1. The molecule has 1 heterocycles. The first kappa shape index (κ1) is 14.7. The van der Waals surface area contributed by atoms with Gasteiger partial charge in [-0.15, -0.1) is 0 Å². The van der Waals surface area contributed by atoms with Crippen LogP contribution in [0.1, 0.15) is 42.3 Å². The highest BCUT2D eigenvalue weighted by molar-refractivity contribution is 5.28. The summed E-state index contributed by atoms with van der Waals surface area (Å²) in [6, 6.07) is 13.2. The Balaban J connectivity index is 2.26. The van der Waals surface area contributed by atoms with E-state index in [0.29, 0.717) is 0 Å². The Morgan fingerprint density at radius 1 is 1.15 bits per heavy atom. The molecule has 0 aliphatic carbocycles. The summed E-state index contributed by atoms with van der Waals surface area (Å²) in [4.78, 5) is 4.62. The van der Waals surface area contributed by atoms with Crippen LogP contribution in [0.2, 0.25) is 0 Å². The fourth-order valence-electron chi connectivity index (χ4n) is 2.65. The molecule has 1 N–H and O–H groups in total. The summed E-state index contributed by atoms with van der Waals surface area (Å²) in [5, 5.41) is 3.58. The van der Waals surface area contributed by atoms with Gasteiger partial charge in [-0.2, -0.15) is 0 Å². The zero-order valence-electron chi connectivity index (χ0n) is 12.7. The molecule has 2 heteroatoms. The molecule has 0 aliphatic rings. The van der Waals surface area contributed by atoms with Crippen molar-refractivity contribution in [3.63, 3.8) is 0 Å². The molecule has 0 fully saturated rings. The van der Waals surface area contributed by atoms with Crippen molar-refractivity contribution in [2.75, 3.05) is 6.54 Å². The van der Waals surface area contributed by atoms with Crippen LogP contribution in [0.3, 0.4) is 0 Å². The number of benzene rings is 1. The SMILES string of the molecule is CCNC(Cc1cccc(C)c1)c1ncccc1CC. The van der Waals surface area contributed by atoms with E-state index in [0.717, 1.165) is 19.4 Å². The monoisotopic (exact) mass is 268 g/mol. The van der Waals surface area contributed by atoms with E-state index in [4.69, 9.17) is 0 Å². The third kappa shape index (κ3) is 3.67. The average Bonchev–Trinajstić information content (AvgIpc) is 2.47. The van der Waals surface area contributed by atoms with E-state index < -0.39 is 0 Å². The van der Waals surface area contributed by atoms with Crippen molar-refractivity contribution >= 4 is 0 Å². The standard InChI is InChI=1S/C18H24N2/c1-4-16-10-7-11-20-18(16)17(19-5-2)13-15-9-6-8-14(3)12-15/h6-12,17,19H,4-5,13H2,1-3H3. The Morgan fingerprint density at radius 2 is 2.00 bits per heavy atom. The molecule has 20 heavy (non-hydrogen) atoms. The third-order valence-electron chi connectivity index (χ3n) is 3.61. The van der Waals surface area contributed by atoms with Crippen LogP contribution < -0.4 is 5.32 Å². The number of rotatable bonds is 6. The number of nitrogens with one attached hydrogen (secondary N) is 1. The first-order valence-electron chi connectivity index (χ1n) is 7.47. The molecule has 106 valence electrons. The molecule has 1 atom stereocenters. The summed E-state index contributed by atoms with van der Waals surface area (Å²) in [6.07, 6.45) is 3.91. The fourth-order valence-corrected chi connectivity index (χ4v) is 2.65. The Morgan fingerprint density at radius 3 is 2.70 bits per heavy atom. The van der Waals surface area contributed by atoms with Gasteiger partial charge < -0.3 is 5.32 Å². The molecule has 1 aromatic carbocycles. The van der Waals surface area contributed by atoms with Crippen molar-refractivity contribution in [1.29, 1.82) is 0 Å². The maximum absolute atomic E-state index is 4.62. The van der Waals surface area contributed by atoms with E-state index >= 15 is 0 Å². The zero-order chi connectivity index (χ0) is 14.4. The second-order valence-electron chi connectivity index (χ2n) is 5.20. The van der Waals surface area contributed by atoms with Gasteiger partial charge in [-0.3, -0.25) is 4.98 Å². The first-order chi connectivity index (χ1) is 9.74. The average molecular weight is 268 g/mol. The maximum atomic E-state index is 4.62. The van der Waals surface area contributed by atoms with Crippen molar-refractivity contribution in [2.24, 2.45) is 0 Å². The minimum Gasteiger partial charge on any atom is -0.309 e. The summed E-state index contributed by atoms with van der Waals surface area (Å²) in [5.41, 5.74) is 5.21. The van der Waals surface area contributed by atoms with E-state index in [1.165, 1.54) is 22.4 Å². The lowest BCUT2D eigenvalue weighted by atomic mass is 9.97. The predicted octanol–water partition coefficient (Wildman–Crippen LogP) is 3.85. The highest BCUT2D eigenvalue weighted by Gasteiger charge is 2.15. The molecule has 0 bridgehead atoms. The lowest BCUT2D eigenvalue weighted by Gasteiger charge is -2.20. The van der Waals surface area contributed by atoms with Crippen LogP contribution in [0.25, 0.3) is 0 Å². The highest BCUT2D eigenvalue weighted by atomic mass is 14.9. The maximum Gasteiger partial charge on any atom is 0.0608 e. The van der Waals surface area contributed by atoms with Gasteiger partial charge in [0.05, 0.1) is 11.7 Å². The van der Waals surface area contributed by atoms with Crippen LogP contribution in [0.4, 0.5) is 0 Å². The van der Waals surface area contributed by atoms with Crippen molar-refractivity contribution < 1.29 is 0 Å². The summed E-state index contributed by atoms with van der Waals surface area (Å²) in [5.74, 6) is 0. The number of hydrogen-bond acceptors (Lipinski definition) is 2. The summed E-state index contributed by atoms with van der Waals surface area (Å²) >= 11 is 0. The molecule has 1 unspecified atom stereocenters. The molecule has 1 aromatic heterocycles. The first-order valence-corrected chi connectivity index (χ1v) is 7.47. The minimum atomic E-state index is 0.290. The molecular weight excluding hydrogens is 244 g/mol. The van der Waals surface area contributed by atoms with E-state index in [-0.39, 0.29) is 6.04 Å². The van der Waals surface area contributed by atoms with Gasteiger partial charge in [0.15, 0.2) is 0 Å². The Bertz CT molecular complexity index is 549. The van der Waals surface area contributed by atoms with Crippen molar-refractivity contribution in [2.45, 2.75) is 39.7 Å². The van der Waals surface area contributed by atoms with E-state index in [1.54, 1.807) is 0 Å². The molecule has 0 saturated carbocycles. The van der Waals surface area contributed by atoms with Crippen molar-refractivity contribution in [1.82, 2.24) is 10.3 Å². The second-order valence-corrected chi connectivity index (χ2v) is 5.20. The van der Waals surface area contributed by atoms with Gasteiger partial charge in [-0.05, 0) is 43.5 Å². The zero-order valence-corrected chi connectivity index (χ0v) is 12.7. The van der Waals surface area contributed by atoms with Gasteiger partial charge >= 0.3 is 0 Å². The summed E-state index contributed by atoms with van der Waals surface area (Å²) in [7, 11) is 0. The molecular formula is C18H24N2. The Labute approximate surface area is 122 Å². The van der Waals surface area contributed by atoms with E-state index in [1.807, 2.05) is 12.3 Å². The molecule has 0 spiro atoms. The lowest BCUT2D eigenvalue weighted by molar-refractivity contribution is 0.532.